The van der Waals surface area contributed by atoms with Gasteiger partial charge in [0.2, 0.25) is 5.52 Å². The molecule has 8 aromatic rings. The third kappa shape index (κ3) is 4.09. The van der Waals surface area contributed by atoms with E-state index in [0.29, 0.717) is 11.8 Å². The number of hydrogen-bond acceptors (Lipinski definition) is 2. The lowest BCUT2D eigenvalue weighted by atomic mass is 9.92. The Bertz CT molecular complexity index is 2500. The van der Waals surface area contributed by atoms with Crippen molar-refractivity contribution in [2.45, 2.75) is 60.3 Å². The smallest absolute Gasteiger partial charge is 0.254 e. The maximum absolute atomic E-state index is 5.04. The van der Waals surface area contributed by atoms with Gasteiger partial charge >= 0.3 is 0 Å². The van der Waals surface area contributed by atoms with Crippen LogP contribution in [-0.4, -0.2) is 9.55 Å². The van der Waals surface area contributed by atoms with Gasteiger partial charge in [-0.3, -0.25) is 4.98 Å². The van der Waals surface area contributed by atoms with Crippen LogP contribution < -0.4 is 4.57 Å². The summed E-state index contributed by atoms with van der Waals surface area (Å²) in [5.74, 6) is 1.94. The minimum atomic E-state index is 0.365. The summed E-state index contributed by atoms with van der Waals surface area (Å²) in [7, 11) is 2.24. The predicted molar refractivity (Wildman–Crippen MR) is 198 cm³/mol. The van der Waals surface area contributed by atoms with E-state index in [1.807, 2.05) is 11.3 Å². The SMILES string of the molecule is Cc1cc2c(c(C)n1)[n+](-c1c(C(C)C)cccc1C(C)C)c(-c1c(C)ccc3c1sc1ccc4ccc5ccccc5c4c13)n2C. The zero-order valence-electron chi connectivity index (χ0n) is 28.0. The fourth-order valence-electron chi connectivity index (χ4n) is 7.77. The molecule has 3 nitrogen and oxygen atoms in total. The molecule has 0 unspecified atom stereocenters. The average molecular weight is 619 g/mol. The van der Waals surface area contributed by atoms with Gasteiger partial charge in [-0.2, -0.15) is 4.57 Å². The summed E-state index contributed by atoms with van der Waals surface area (Å²) in [4.78, 5) is 5.04. The highest BCUT2D eigenvalue weighted by molar-refractivity contribution is 7.26. The summed E-state index contributed by atoms with van der Waals surface area (Å²) in [6.07, 6.45) is 0. The Balaban J connectivity index is 1.59. The van der Waals surface area contributed by atoms with Crippen LogP contribution in [0.25, 0.3) is 69.8 Å². The molecule has 0 spiro atoms. The third-order valence-corrected chi connectivity index (χ3v) is 11.1. The highest BCUT2D eigenvalue weighted by Crippen LogP contribution is 2.46. The van der Waals surface area contributed by atoms with Gasteiger partial charge in [0.15, 0.2) is 5.52 Å². The lowest BCUT2D eigenvalue weighted by molar-refractivity contribution is -0.557. The van der Waals surface area contributed by atoms with Crippen molar-refractivity contribution in [2.24, 2.45) is 7.05 Å². The van der Waals surface area contributed by atoms with Gasteiger partial charge in [0, 0.05) is 38.4 Å². The van der Waals surface area contributed by atoms with Crippen LogP contribution in [-0.2, 0) is 7.05 Å². The van der Waals surface area contributed by atoms with E-state index in [-0.39, 0.29) is 0 Å². The van der Waals surface area contributed by atoms with E-state index in [0.717, 1.165) is 11.4 Å². The molecule has 4 heteroatoms. The standard InChI is InChI=1S/C42H40N3S/c1-23(2)30-14-11-15-31(24(3)4)40(30)45-39-27(7)43-26(6)22-34(39)44(8)42(45)36-25(5)16-20-33-38-35(46-41(33)36)21-19-29-18-17-28-12-9-10-13-32(28)37(29)38/h9-24H,1-8H3/q+1. The Morgan fingerprint density at radius 1 is 0.717 bits per heavy atom. The summed E-state index contributed by atoms with van der Waals surface area (Å²) < 4.78 is 7.67. The van der Waals surface area contributed by atoms with Gasteiger partial charge in [-0.25, -0.2) is 4.57 Å². The number of rotatable bonds is 4. The average Bonchev–Trinajstić information content (AvgIpc) is 3.55. The number of aromatic nitrogens is 3. The lowest BCUT2D eigenvalue weighted by Gasteiger charge is -2.19. The summed E-state index contributed by atoms with van der Waals surface area (Å²) in [5.41, 5.74) is 11.1. The molecule has 0 N–H and O–H groups in total. The molecule has 0 fully saturated rings. The molecule has 0 atom stereocenters. The van der Waals surface area contributed by atoms with Crippen LogP contribution >= 0.6 is 11.3 Å². The van der Waals surface area contributed by atoms with Crippen LogP contribution in [0.4, 0.5) is 0 Å². The number of aryl methyl sites for hydroxylation is 4. The van der Waals surface area contributed by atoms with E-state index in [1.54, 1.807) is 0 Å². The number of fused-ring (bicyclic) bond motifs is 8. The third-order valence-electron chi connectivity index (χ3n) is 9.90. The number of imidazole rings is 1. The van der Waals surface area contributed by atoms with Gasteiger partial charge in [-0.15, -0.1) is 11.3 Å². The second kappa shape index (κ2) is 10.5. The highest BCUT2D eigenvalue weighted by Gasteiger charge is 2.34. The topological polar surface area (TPSA) is 21.7 Å². The number of hydrogen-bond donors (Lipinski definition) is 0. The number of pyridine rings is 1. The van der Waals surface area contributed by atoms with Crippen molar-refractivity contribution >= 4 is 64.1 Å². The van der Waals surface area contributed by atoms with Crippen LogP contribution in [0.2, 0.25) is 0 Å². The van der Waals surface area contributed by atoms with Crippen molar-refractivity contribution in [2.75, 3.05) is 0 Å². The Morgan fingerprint density at radius 2 is 1.41 bits per heavy atom. The summed E-state index contributed by atoms with van der Waals surface area (Å²) in [6.45, 7) is 15.8. The molecular weight excluding hydrogens is 579 g/mol. The van der Waals surface area contributed by atoms with E-state index < -0.39 is 0 Å². The van der Waals surface area contributed by atoms with Gasteiger partial charge in [0.25, 0.3) is 5.82 Å². The fourth-order valence-corrected chi connectivity index (χ4v) is 9.08. The Morgan fingerprint density at radius 3 is 2.15 bits per heavy atom. The molecule has 0 radical (unpaired) electrons. The molecule has 0 aliphatic carbocycles. The fraction of sp³-hybridized carbons (Fsp3) is 0.238. The molecule has 46 heavy (non-hydrogen) atoms. The molecule has 0 bridgehead atoms. The van der Waals surface area contributed by atoms with Crippen LogP contribution in [0.15, 0.2) is 84.9 Å². The zero-order valence-corrected chi connectivity index (χ0v) is 28.8. The maximum atomic E-state index is 5.04. The van der Waals surface area contributed by atoms with Crippen LogP contribution in [0.1, 0.15) is 67.6 Å². The van der Waals surface area contributed by atoms with E-state index in [2.05, 4.69) is 150 Å². The number of nitrogens with zero attached hydrogens (tertiary/aromatic N) is 3. The molecule has 0 saturated heterocycles. The van der Waals surface area contributed by atoms with E-state index in [9.17, 15) is 0 Å². The van der Waals surface area contributed by atoms with Crippen molar-refractivity contribution in [1.29, 1.82) is 0 Å². The molecule has 0 saturated carbocycles. The number of thiophene rings is 1. The summed E-state index contributed by atoms with van der Waals surface area (Å²) in [6, 6.07) is 31.8. The van der Waals surface area contributed by atoms with Crippen molar-refractivity contribution in [3.63, 3.8) is 0 Å². The van der Waals surface area contributed by atoms with Crippen molar-refractivity contribution in [3.8, 4) is 17.1 Å². The lowest BCUT2D eigenvalue weighted by Crippen LogP contribution is -2.37. The van der Waals surface area contributed by atoms with Gasteiger partial charge in [0.1, 0.15) is 5.69 Å². The summed E-state index contributed by atoms with van der Waals surface area (Å²) in [5, 5.41) is 7.93. The first-order valence-electron chi connectivity index (χ1n) is 16.4. The van der Waals surface area contributed by atoms with E-state index in [1.165, 1.54) is 86.5 Å². The molecular formula is C42H40N3S+. The number of benzene rings is 5. The molecule has 3 heterocycles. The van der Waals surface area contributed by atoms with E-state index in [4.69, 9.17) is 4.98 Å². The van der Waals surface area contributed by atoms with Crippen molar-refractivity contribution in [3.05, 3.63) is 113 Å². The minimum Gasteiger partial charge on any atom is -0.254 e. The van der Waals surface area contributed by atoms with E-state index >= 15 is 0 Å². The molecule has 0 aliphatic rings. The Hall–Kier alpha value is -4.54. The normalized spacial score (nSPS) is 12.3. The van der Waals surface area contributed by atoms with Gasteiger partial charge in [0.05, 0.1) is 23.0 Å². The van der Waals surface area contributed by atoms with Crippen molar-refractivity contribution in [1.82, 2.24) is 9.55 Å². The highest BCUT2D eigenvalue weighted by atomic mass is 32.1. The predicted octanol–water partition coefficient (Wildman–Crippen LogP) is 11.4. The molecule has 8 rings (SSSR count). The molecule has 5 aromatic carbocycles. The Kier molecular flexibility index (Phi) is 6.60. The maximum Gasteiger partial charge on any atom is 0.296 e. The largest absolute Gasteiger partial charge is 0.296 e. The van der Waals surface area contributed by atoms with Crippen LogP contribution in [0.5, 0.6) is 0 Å². The van der Waals surface area contributed by atoms with Gasteiger partial charge in [-0.1, -0.05) is 100 Å². The first-order valence-corrected chi connectivity index (χ1v) is 17.3. The minimum absolute atomic E-state index is 0.365. The molecule has 0 aliphatic heterocycles. The second-order valence-corrected chi connectivity index (χ2v) is 14.6. The summed E-state index contributed by atoms with van der Waals surface area (Å²) >= 11 is 1.93. The van der Waals surface area contributed by atoms with Gasteiger partial charge < -0.3 is 0 Å². The van der Waals surface area contributed by atoms with Crippen LogP contribution in [0, 0.1) is 20.8 Å². The first-order chi connectivity index (χ1) is 22.2. The molecule has 0 amide bonds. The quantitative estimate of drug-likeness (QED) is 0.142. The molecule has 228 valence electrons. The monoisotopic (exact) mass is 618 g/mol. The zero-order chi connectivity index (χ0) is 32.0. The first kappa shape index (κ1) is 28.9. The second-order valence-electron chi connectivity index (χ2n) is 13.6. The van der Waals surface area contributed by atoms with Crippen LogP contribution in [0.3, 0.4) is 0 Å². The van der Waals surface area contributed by atoms with Crippen molar-refractivity contribution < 1.29 is 4.57 Å². The van der Waals surface area contributed by atoms with Gasteiger partial charge in [-0.05, 0) is 65.8 Å². The number of para-hydroxylation sites is 1. The molecule has 3 aromatic heterocycles. The Labute approximate surface area is 274 Å².